The molecule has 1 aromatic heterocycles. The van der Waals surface area contributed by atoms with E-state index in [2.05, 4.69) is 34.4 Å². The number of amides is 1. The molecule has 2 N–H and O–H groups in total. The van der Waals surface area contributed by atoms with Crippen molar-refractivity contribution in [1.82, 2.24) is 15.2 Å². The minimum absolute atomic E-state index is 0. The van der Waals surface area contributed by atoms with Crippen LogP contribution in [0.15, 0.2) is 5.38 Å². The quantitative estimate of drug-likeness (QED) is 0.858. The second kappa shape index (κ2) is 8.39. The van der Waals surface area contributed by atoms with Crippen molar-refractivity contribution in [3.05, 3.63) is 11.1 Å². The summed E-state index contributed by atoms with van der Waals surface area (Å²) >= 11 is 1.50. The maximum absolute atomic E-state index is 12.1. The lowest BCUT2D eigenvalue weighted by molar-refractivity contribution is -0.117. The maximum Gasteiger partial charge on any atom is 0.243 e. The minimum atomic E-state index is -0.0618. The van der Waals surface area contributed by atoms with Crippen LogP contribution >= 0.6 is 23.7 Å². The summed E-state index contributed by atoms with van der Waals surface area (Å²) in [6, 6.07) is -0.0618. The van der Waals surface area contributed by atoms with E-state index in [-0.39, 0.29) is 36.6 Å². The van der Waals surface area contributed by atoms with Gasteiger partial charge in [0, 0.05) is 25.0 Å². The molecule has 3 atom stereocenters. The average molecular weight is 361 g/mol. The molecule has 23 heavy (non-hydrogen) atoms. The Kier molecular flexibility index (Phi) is 6.79. The van der Waals surface area contributed by atoms with Crippen LogP contribution in [-0.4, -0.2) is 53.7 Å². The highest BCUT2D eigenvalue weighted by atomic mass is 35.5. The Bertz CT molecular complexity index is 511. The van der Waals surface area contributed by atoms with Gasteiger partial charge >= 0.3 is 0 Å². The third-order valence-electron chi connectivity index (χ3n) is 4.04. The molecule has 2 saturated heterocycles. The van der Waals surface area contributed by atoms with Crippen molar-refractivity contribution in [3.63, 3.8) is 0 Å². The monoisotopic (exact) mass is 360 g/mol. The molecular weight excluding hydrogens is 336 g/mol. The number of rotatable bonds is 4. The van der Waals surface area contributed by atoms with E-state index < -0.39 is 0 Å². The summed E-state index contributed by atoms with van der Waals surface area (Å²) < 4.78 is 5.75. The van der Waals surface area contributed by atoms with E-state index in [9.17, 15) is 4.79 Å². The van der Waals surface area contributed by atoms with Crippen LogP contribution in [0.3, 0.4) is 0 Å². The Morgan fingerprint density at radius 3 is 2.87 bits per heavy atom. The molecule has 3 rings (SSSR count). The second-order valence-corrected chi connectivity index (χ2v) is 7.09. The molecule has 6 nitrogen and oxygen atoms in total. The molecule has 3 unspecified atom stereocenters. The van der Waals surface area contributed by atoms with Crippen LogP contribution in [-0.2, 0) is 16.1 Å². The normalized spacial score (nSPS) is 28.3. The number of halogens is 1. The van der Waals surface area contributed by atoms with Gasteiger partial charge in [0.25, 0.3) is 0 Å². The number of anilines is 1. The van der Waals surface area contributed by atoms with Gasteiger partial charge < -0.3 is 15.4 Å². The van der Waals surface area contributed by atoms with Crippen LogP contribution in [0.4, 0.5) is 5.13 Å². The smallest absolute Gasteiger partial charge is 0.243 e. The fraction of sp³-hybridized carbons (Fsp3) is 0.733. The molecule has 0 aromatic carbocycles. The van der Waals surface area contributed by atoms with Gasteiger partial charge in [-0.3, -0.25) is 9.69 Å². The largest absolute Gasteiger partial charge is 0.373 e. The molecule has 3 heterocycles. The van der Waals surface area contributed by atoms with Crippen LogP contribution in [0.1, 0.15) is 32.4 Å². The fourth-order valence-electron chi connectivity index (χ4n) is 3.18. The summed E-state index contributed by atoms with van der Waals surface area (Å²) in [4.78, 5) is 19.0. The van der Waals surface area contributed by atoms with Gasteiger partial charge in [-0.1, -0.05) is 0 Å². The first-order valence-electron chi connectivity index (χ1n) is 7.96. The lowest BCUT2D eigenvalue weighted by atomic mass is 10.2. The average Bonchev–Trinajstić information content (AvgIpc) is 3.09. The predicted molar refractivity (Wildman–Crippen MR) is 94.3 cm³/mol. The molecule has 2 aliphatic heterocycles. The van der Waals surface area contributed by atoms with E-state index in [0.717, 1.165) is 44.7 Å². The van der Waals surface area contributed by atoms with Gasteiger partial charge in [0.2, 0.25) is 5.91 Å². The highest BCUT2D eigenvalue weighted by molar-refractivity contribution is 7.13. The van der Waals surface area contributed by atoms with E-state index in [4.69, 9.17) is 4.74 Å². The molecule has 0 aliphatic carbocycles. The van der Waals surface area contributed by atoms with Crippen molar-refractivity contribution in [2.24, 2.45) is 0 Å². The van der Waals surface area contributed by atoms with E-state index >= 15 is 0 Å². The Balaban J connectivity index is 0.00000192. The number of nitrogens with one attached hydrogen (secondary N) is 2. The van der Waals surface area contributed by atoms with Crippen LogP contribution in [0, 0.1) is 0 Å². The fourth-order valence-corrected chi connectivity index (χ4v) is 3.88. The molecule has 8 heteroatoms. The molecule has 0 bridgehead atoms. The lowest BCUT2D eigenvalue weighted by Crippen LogP contribution is -2.44. The highest BCUT2D eigenvalue weighted by Gasteiger charge is 2.24. The predicted octanol–water partition coefficient (Wildman–Crippen LogP) is 1.86. The number of thiazole rings is 1. The van der Waals surface area contributed by atoms with Gasteiger partial charge in [-0.05, 0) is 33.2 Å². The van der Waals surface area contributed by atoms with Crippen molar-refractivity contribution < 1.29 is 9.53 Å². The van der Waals surface area contributed by atoms with E-state index in [1.165, 1.54) is 11.3 Å². The Labute approximate surface area is 147 Å². The standard InChI is InChI=1S/C15H24N4O2S.ClH/c1-10-6-19(7-11(2)21-10)8-12-9-22-15(17-12)18-14(20)13-4-3-5-16-13;/h9-11,13,16H,3-8H2,1-2H3,(H,17,18,20);1H. The molecular formula is C15H25ClN4O2S. The molecule has 0 spiro atoms. The number of ether oxygens (including phenoxy) is 1. The van der Waals surface area contributed by atoms with Gasteiger partial charge in [-0.2, -0.15) is 0 Å². The summed E-state index contributed by atoms with van der Waals surface area (Å²) in [5.74, 6) is 0.0343. The minimum Gasteiger partial charge on any atom is -0.373 e. The Morgan fingerprint density at radius 2 is 2.22 bits per heavy atom. The van der Waals surface area contributed by atoms with Gasteiger partial charge in [0.05, 0.1) is 23.9 Å². The third-order valence-corrected chi connectivity index (χ3v) is 4.85. The molecule has 1 amide bonds. The third kappa shape index (κ3) is 5.12. The molecule has 0 radical (unpaired) electrons. The van der Waals surface area contributed by atoms with E-state index in [1.54, 1.807) is 0 Å². The number of carbonyl (C=O) groups excluding carboxylic acids is 1. The first-order chi connectivity index (χ1) is 10.6. The molecule has 130 valence electrons. The molecule has 2 aliphatic rings. The number of morpholine rings is 1. The summed E-state index contributed by atoms with van der Waals surface area (Å²) in [7, 11) is 0. The number of hydrogen-bond donors (Lipinski definition) is 2. The van der Waals surface area contributed by atoms with Gasteiger partial charge in [-0.15, -0.1) is 23.7 Å². The van der Waals surface area contributed by atoms with Crippen LogP contribution < -0.4 is 10.6 Å². The molecule has 0 saturated carbocycles. The van der Waals surface area contributed by atoms with E-state index in [1.807, 2.05) is 5.38 Å². The first-order valence-corrected chi connectivity index (χ1v) is 8.84. The molecule has 1 aromatic rings. The van der Waals surface area contributed by atoms with Gasteiger partial charge in [-0.25, -0.2) is 4.98 Å². The zero-order valence-electron chi connectivity index (χ0n) is 13.6. The first kappa shape index (κ1) is 18.6. The SMILES string of the molecule is CC1CN(Cc2csc(NC(=O)C3CCCN3)n2)CC(C)O1.Cl. The van der Waals surface area contributed by atoms with Gasteiger partial charge in [0.15, 0.2) is 5.13 Å². The Hall–Kier alpha value is -0.730. The summed E-state index contributed by atoms with van der Waals surface area (Å²) in [5, 5.41) is 8.85. The lowest BCUT2D eigenvalue weighted by Gasteiger charge is -2.34. The van der Waals surface area contributed by atoms with Crippen molar-refractivity contribution >= 4 is 34.8 Å². The topological polar surface area (TPSA) is 66.5 Å². The molecule has 2 fully saturated rings. The van der Waals surface area contributed by atoms with Crippen molar-refractivity contribution in [3.8, 4) is 0 Å². The number of nitrogens with zero attached hydrogens (tertiary/aromatic N) is 2. The summed E-state index contributed by atoms with van der Waals surface area (Å²) in [6.45, 7) is 7.79. The van der Waals surface area contributed by atoms with Crippen molar-refractivity contribution in [1.29, 1.82) is 0 Å². The summed E-state index contributed by atoms with van der Waals surface area (Å²) in [5.41, 5.74) is 1.01. The van der Waals surface area contributed by atoms with Crippen molar-refractivity contribution in [2.45, 2.75) is 51.5 Å². The zero-order valence-corrected chi connectivity index (χ0v) is 15.2. The van der Waals surface area contributed by atoms with Crippen molar-refractivity contribution in [2.75, 3.05) is 25.0 Å². The van der Waals surface area contributed by atoms with Crippen LogP contribution in [0.5, 0.6) is 0 Å². The number of hydrogen-bond acceptors (Lipinski definition) is 6. The number of aromatic nitrogens is 1. The van der Waals surface area contributed by atoms with Gasteiger partial charge in [0.1, 0.15) is 0 Å². The van der Waals surface area contributed by atoms with E-state index in [0.29, 0.717) is 5.13 Å². The second-order valence-electron chi connectivity index (χ2n) is 6.23. The maximum atomic E-state index is 12.1. The van der Waals surface area contributed by atoms with Crippen LogP contribution in [0.25, 0.3) is 0 Å². The van der Waals surface area contributed by atoms with Crippen LogP contribution in [0.2, 0.25) is 0 Å². The highest BCUT2D eigenvalue weighted by Crippen LogP contribution is 2.20. The zero-order chi connectivity index (χ0) is 15.5. The summed E-state index contributed by atoms with van der Waals surface area (Å²) in [6.07, 6.45) is 2.49. The number of carbonyl (C=O) groups is 1. The Morgan fingerprint density at radius 1 is 1.48 bits per heavy atom.